The van der Waals surface area contributed by atoms with Gasteiger partial charge in [0.2, 0.25) is 0 Å². The first-order chi connectivity index (χ1) is 9.10. The molecule has 2 aromatic rings. The zero-order chi connectivity index (χ0) is 13.8. The first-order valence-corrected chi connectivity index (χ1v) is 6.01. The fraction of sp³-hybridized carbons (Fsp3) is 0.214. The van der Waals surface area contributed by atoms with Gasteiger partial charge in [0.05, 0.1) is 18.5 Å². The Morgan fingerprint density at radius 1 is 1.37 bits per heavy atom. The van der Waals surface area contributed by atoms with E-state index < -0.39 is 5.82 Å². The number of nitrogens with one attached hydrogen (secondary N) is 1. The van der Waals surface area contributed by atoms with Crippen LogP contribution in [0.4, 0.5) is 21.6 Å². The summed E-state index contributed by atoms with van der Waals surface area (Å²) in [5, 5.41) is 3.05. The molecule has 0 unspecified atom stereocenters. The number of aryl methyl sites for hydroxylation is 1. The van der Waals surface area contributed by atoms with Crippen LogP contribution in [0.2, 0.25) is 0 Å². The quantitative estimate of drug-likeness (QED) is 0.886. The molecule has 0 amide bonds. The zero-order valence-electron chi connectivity index (χ0n) is 10.9. The maximum atomic E-state index is 13.7. The van der Waals surface area contributed by atoms with Gasteiger partial charge < -0.3 is 15.8 Å². The van der Waals surface area contributed by atoms with Crippen molar-refractivity contribution >= 4 is 17.2 Å². The molecule has 0 saturated heterocycles. The van der Waals surface area contributed by atoms with Crippen molar-refractivity contribution in [2.45, 2.75) is 13.8 Å². The maximum absolute atomic E-state index is 13.7. The number of aromatic nitrogens is 1. The number of anilines is 3. The molecule has 2 rings (SSSR count). The van der Waals surface area contributed by atoms with Gasteiger partial charge in [0, 0.05) is 11.8 Å². The Morgan fingerprint density at radius 3 is 2.79 bits per heavy atom. The third-order valence-electron chi connectivity index (χ3n) is 2.59. The van der Waals surface area contributed by atoms with Crippen LogP contribution in [-0.4, -0.2) is 11.6 Å². The molecule has 0 atom stereocenters. The number of benzene rings is 1. The molecule has 0 radical (unpaired) electrons. The van der Waals surface area contributed by atoms with E-state index in [1.165, 1.54) is 6.07 Å². The molecule has 1 heterocycles. The van der Waals surface area contributed by atoms with Crippen LogP contribution >= 0.6 is 0 Å². The highest BCUT2D eigenvalue weighted by atomic mass is 19.1. The van der Waals surface area contributed by atoms with Crippen molar-refractivity contribution in [2.75, 3.05) is 17.7 Å². The molecular formula is C14H16FN3O. The number of hydrogen-bond donors (Lipinski definition) is 2. The van der Waals surface area contributed by atoms with Gasteiger partial charge >= 0.3 is 0 Å². The molecular weight excluding hydrogens is 245 g/mol. The summed E-state index contributed by atoms with van der Waals surface area (Å²) in [5.74, 6) is 0.493. The van der Waals surface area contributed by atoms with Crippen LogP contribution < -0.4 is 15.8 Å². The Morgan fingerprint density at radius 2 is 2.16 bits per heavy atom. The summed E-state index contributed by atoms with van der Waals surface area (Å²) >= 11 is 0. The smallest absolute Gasteiger partial charge is 0.167 e. The van der Waals surface area contributed by atoms with Gasteiger partial charge in [0.1, 0.15) is 5.82 Å². The minimum Gasteiger partial charge on any atom is -0.491 e. The molecule has 19 heavy (non-hydrogen) atoms. The number of nitrogens with zero attached hydrogens (tertiary/aromatic N) is 1. The van der Waals surface area contributed by atoms with E-state index in [0.717, 1.165) is 5.56 Å². The number of halogens is 1. The Hall–Kier alpha value is -2.30. The van der Waals surface area contributed by atoms with Gasteiger partial charge in [-0.05, 0) is 37.6 Å². The Kier molecular flexibility index (Phi) is 3.85. The van der Waals surface area contributed by atoms with Gasteiger partial charge in [-0.1, -0.05) is 0 Å². The monoisotopic (exact) mass is 261 g/mol. The van der Waals surface area contributed by atoms with E-state index in [1.54, 1.807) is 24.4 Å². The van der Waals surface area contributed by atoms with E-state index in [1.807, 2.05) is 13.8 Å². The number of ether oxygens (including phenoxy) is 1. The van der Waals surface area contributed by atoms with Crippen molar-refractivity contribution in [3.8, 4) is 5.75 Å². The molecule has 0 bridgehead atoms. The molecule has 1 aromatic heterocycles. The standard InChI is InChI=1S/C14H16FN3O/c1-3-19-13-5-4-11(7-12(13)15)18-14-9(2)6-10(16)8-17-14/h4-8H,3,16H2,1-2H3,(H,17,18). The molecule has 100 valence electrons. The Balaban J connectivity index is 2.21. The fourth-order valence-electron chi connectivity index (χ4n) is 1.72. The summed E-state index contributed by atoms with van der Waals surface area (Å²) in [7, 11) is 0. The van der Waals surface area contributed by atoms with Gasteiger partial charge in [0.25, 0.3) is 0 Å². The lowest BCUT2D eigenvalue weighted by molar-refractivity contribution is 0.321. The molecule has 0 saturated carbocycles. The highest BCUT2D eigenvalue weighted by Gasteiger charge is 2.06. The normalized spacial score (nSPS) is 10.3. The van der Waals surface area contributed by atoms with Crippen molar-refractivity contribution in [2.24, 2.45) is 0 Å². The second-order valence-electron chi connectivity index (χ2n) is 4.14. The van der Waals surface area contributed by atoms with Gasteiger partial charge in [-0.25, -0.2) is 9.37 Å². The van der Waals surface area contributed by atoms with Crippen molar-refractivity contribution in [1.82, 2.24) is 4.98 Å². The Labute approximate surface area is 111 Å². The number of nitrogen functional groups attached to an aromatic ring is 1. The van der Waals surface area contributed by atoms with Crippen molar-refractivity contribution in [3.63, 3.8) is 0 Å². The number of pyridine rings is 1. The van der Waals surface area contributed by atoms with E-state index in [2.05, 4.69) is 10.3 Å². The van der Waals surface area contributed by atoms with Crippen LogP contribution in [0, 0.1) is 12.7 Å². The van der Waals surface area contributed by atoms with E-state index >= 15 is 0 Å². The summed E-state index contributed by atoms with van der Waals surface area (Å²) in [6.07, 6.45) is 1.56. The maximum Gasteiger partial charge on any atom is 0.167 e. The lowest BCUT2D eigenvalue weighted by Gasteiger charge is -2.10. The van der Waals surface area contributed by atoms with Crippen LogP contribution in [0.1, 0.15) is 12.5 Å². The summed E-state index contributed by atoms with van der Waals surface area (Å²) in [6.45, 7) is 4.13. The summed E-state index contributed by atoms with van der Waals surface area (Å²) < 4.78 is 18.8. The van der Waals surface area contributed by atoms with Crippen LogP contribution in [0.25, 0.3) is 0 Å². The molecule has 3 N–H and O–H groups in total. The largest absolute Gasteiger partial charge is 0.491 e. The van der Waals surface area contributed by atoms with Crippen molar-refractivity contribution < 1.29 is 9.13 Å². The predicted octanol–water partition coefficient (Wildman–Crippen LogP) is 3.25. The van der Waals surface area contributed by atoms with Crippen LogP contribution in [0.5, 0.6) is 5.75 Å². The Bertz CT molecular complexity index is 587. The van der Waals surface area contributed by atoms with E-state index in [9.17, 15) is 4.39 Å². The van der Waals surface area contributed by atoms with Crippen LogP contribution in [0.3, 0.4) is 0 Å². The molecule has 0 fully saturated rings. The first kappa shape index (κ1) is 13.1. The van der Waals surface area contributed by atoms with Crippen molar-refractivity contribution in [1.29, 1.82) is 0 Å². The van der Waals surface area contributed by atoms with Gasteiger partial charge in [-0.15, -0.1) is 0 Å². The average molecular weight is 261 g/mol. The SMILES string of the molecule is CCOc1ccc(Nc2ncc(N)cc2C)cc1F. The molecule has 1 aromatic carbocycles. The lowest BCUT2D eigenvalue weighted by Crippen LogP contribution is -2.00. The van der Waals surface area contributed by atoms with E-state index in [4.69, 9.17) is 10.5 Å². The minimum atomic E-state index is -0.403. The average Bonchev–Trinajstić information content (AvgIpc) is 2.36. The second-order valence-corrected chi connectivity index (χ2v) is 4.14. The number of nitrogens with two attached hydrogens (primary N) is 1. The third-order valence-corrected chi connectivity index (χ3v) is 2.59. The third kappa shape index (κ3) is 3.13. The fourth-order valence-corrected chi connectivity index (χ4v) is 1.72. The van der Waals surface area contributed by atoms with Crippen molar-refractivity contribution in [3.05, 3.63) is 41.8 Å². The highest BCUT2D eigenvalue weighted by molar-refractivity contribution is 5.62. The molecule has 4 nitrogen and oxygen atoms in total. The minimum absolute atomic E-state index is 0.245. The molecule has 0 aliphatic rings. The topological polar surface area (TPSA) is 60.2 Å². The first-order valence-electron chi connectivity index (χ1n) is 6.01. The second kappa shape index (κ2) is 5.56. The summed E-state index contributed by atoms with van der Waals surface area (Å²) in [4.78, 5) is 4.17. The highest BCUT2D eigenvalue weighted by Crippen LogP contribution is 2.24. The van der Waals surface area contributed by atoms with Crippen LogP contribution in [-0.2, 0) is 0 Å². The van der Waals surface area contributed by atoms with Gasteiger partial charge in [0.15, 0.2) is 11.6 Å². The lowest BCUT2D eigenvalue weighted by atomic mass is 10.2. The zero-order valence-corrected chi connectivity index (χ0v) is 10.9. The molecule has 0 aliphatic heterocycles. The van der Waals surface area contributed by atoms with E-state index in [0.29, 0.717) is 23.8 Å². The number of rotatable bonds is 4. The molecule has 0 aliphatic carbocycles. The van der Waals surface area contributed by atoms with E-state index in [-0.39, 0.29) is 5.75 Å². The molecule has 0 spiro atoms. The number of hydrogen-bond acceptors (Lipinski definition) is 4. The van der Waals surface area contributed by atoms with Gasteiger partial charge in [-0.2, -0.15) is 0 Å². The summed E-state index contributed by atoms with van der Waals surface area (Å²) in [6, 6.07) is 6.52. The summed E-state index contributed by atoms with van der Waals surface area (Å²) in [5.41, 5.74) is 7.74. The van der Waals surface area contributed by atoms with Gasteiger partial charge in [-0.3, -0.25) is 0 Å². The predicted molar refractivity (Wildman–Crippen MR) is 74.2 cm³/mol. The molecule has 5 heteroatoms. The van der Waals surface area contributed by atoms with Crippen LogP contribution in [0.15, 0.2) is 30.5 Å².